The minimum Gasteiger partial charge on any atom is -0.444 e. The molecule has 1 N–H and O–H groups in total. The fraction of sp³-hybridized carbons (Fsp3) is 0.188. The Labute approximate surface area is 135 Å². The summed E-state index contributed by atoms with van der Waals surface area (Å²) in [5, 5.41) is 6.39. The van der Waals surface area contributed by atoms with Crippen LogP contribution in [0.3, 0.4) is 0 Å². The largest absolute Gasteiger partial charge is 0.444 e. The topological polar surface area (TPSA) is 42.2 Å². The zero-order valence-corrected chi connectivity index (χ0v) is 13.8. The Kier molecular flexibility index (Phi) is 4.12. The third kappa shape index (κ3) is 3.19. The van der Waals surface area contributed by atoms with Gasteiger partial charge in [-0.1, -0.05) is 18.2 Å². The molecule has 2 heterocycles. The van der Waals surface area contributed by atoms with Crippen LogP contribution in [0.15, 0.2) is 50.9 Å². The van der Waals surface area contributed by atoms with Crippen molar-refractivity contribution >= 4 is 43.3 Å². The Morgan fingerprint density at radius 1 is 1.33 bits per heavy atom. The SMILES string of the molecule is CC(Cc1csc2ccccc12)NC(=O)c1ccc(Br)o1. The molecule has 3 rings (SSSR count). The Bertz CT molecular complexity index is 777. The van der Waals surface area contributed by atoms with E-state index >= 15 is 0 Å². The fourth-order valence-electron chi connectivity index (χ4n) is 2.30. The van der Waals surface area contributed by atoms with E-state index in [-0.39, 0.29) is 11.9 Å². The van der Waals surface area contributed by atoms with Crippen LogP contribution in [0.4, 0.5) is 0 Å². The lowest BCUT2D eigenvalue weighted by Crippen LogP contribution is -2.33. The normalized spacial score (nSPS) is 12.5. The van der Waals surface area contributed by atoms with Gasteiger partial charge in [-0.3, -0.25) is 4.79 Å². The van der Waals surface area contributed by atoms with Crippen LogP contribution in [0.5, 0.6) is 0 Å². The quantitative estimate of drug-likeness (QED) is 0.734. The highest BCUT2D eigenvalue weighted by Crippen LogP contribution is 2.26. The van der Waals surface area contributed by atoms with Crippen molar-refractivity contribution in [2.45, 2.75) is 19.4 Å². The monoisotopic (exact) mass is 363 g/mol. The number of halogens is 1. The van der Waals surface area contributed by atoms with Gasteiger partial charge in [0.05, 0.1) is 0 Å². The molecule has 1 aromatic carbocycles. The van der Waals surface area contributed by atoms with Gasteiger partial charge in [0, 0.05) is 10.7 Å². The predicted octanol–water partition coefficient (Wildman–Crippen LogP) is 4.62. The second-order valence-corrected chi connectivity index (χ2v) is 6.63. The van der Waals surface area contributed by atoms with Crippen LogP contribution in [0, 0.1) is 0 Å². The predicted molar refractivity (Wildman–Crippen MR) is 88.9 cm³/mol. The summed E-state index contributed by atoms with van der Waals surface area (Å²) in [5.41, 5.74) is 1.27. The summed E-state index contributed by atoms with van der Waals surface area (Å²) in [4.78, 5) is 12.0. The maximum Gasteiger partial charge on any atom is 0.287 e. The number of furan rings is 1. The molecule has 2 aromatic heterocycles. The number of amides is 1. The van der Waals surface area contributed by atoms with Crippen molar-refractivity contribution in [1.29, 1.82) is 0 Å². The number of rotatable bonds is 4. The average Bonchev–Trinajstić information content (AvgIpc) is 3.06. The van der Waals surface area contributed by atoms with Crippen molar-refractivity contribution in [3.8, 4) is 0 Å². The van der Waals surface area contributed by atoms with Crippen LogP contribution in [0.1, 0.15) is 23.0 Å². The summed E-state index contributed by atoms with van der Waals surface area (Å²) in [7, 11) is 0. The van der Waals surface area contributed by atoms with E-state index in [4.69, 9.17) is 4.42 Å². The number of fused-ring (bicyclic) bond motifs is 1. The van der Waals surface area contributed by atoms with Crippen molar-refractivity contribution < 1.29 is 9.21 Å². The van der Waals surface area contributed by atoms with Crippen LogP contribution in [0.2, 0.25) is 0 Å². The molecule has 0 bridgehead atoms. The number of hydrogen-bond donors (Lipinski definition) is 1. The molecule has 1 amide bonds. The molecule has 0 aliphatic carbocycles. The van der Waals surface area contributed by atoms with Crippen molar-refractivity contribution in [2.75, 3.05) is 0 Å². The number of carbonyl (C=O) groups excluding carboxylic acids is 1. The molecule has 0 spiro atoms. The molecule has 0 aliphatic rings. The highest BCUT2D eigenvalue weighted by molar-refractivity contribution is 9.10. The van der Waals surface area contributed by atoms with Gasteiger partial charge < -0.3 is 9.73 Å². The number of thiophene rings is 1. The fourth-order valence-corrected chi connectivity index (χ4v) is 3.59. The zero-order valence-electron chi connectivity index (χ0n) is 11.4. The van der Waals surface area contributed by atoms with E-state index in [0.717, 1.165) is 6.42 Å². The Morgan fingerprint density at radius 3 is 2.90 bits per heavy atom. The maximum absolute atomic E-state index is 12.0. The van der Waals surface area contributed by atoms with Gasteiger partial charge in [0.25, 0.3) is 5.91 Å². The third-order valence-electron chi connectivity index (χ3n) is 3.26. The first-order valence-corrected chi connectivity index (χ1v) is 8.32. The first-order valence-electron chi connectivity index (χ1n) is 6.65. The van der Waals surface area contributed by atoms with E-state index < -0.39 is 0 Å². The molecule has 0 aliphatic heterocycles. The van der Waals surface area contributed by atoms with Gasteiger partial charge in [0.1, 0.15) is 0 Å². The molecule has 1 atom stereocenters. The van der Waals surface area contributed by atoms with Crippen molar-refractivity contribution in [1.82, 2.24) is 5.32 Å². The number of carbonyl (C=O) groups is 1. The molecule has 0 radical (unpaired) electrons. The molecule has 0 fully saturated rings. The van der Waals surface area contributed by atoms with Gasteiger partial charge in [-0.15, -0.1) is 11.3 Å². The standard InChI is InChI=1S/C16H14BrNO2S/c1-10(18-16(19)13-6-7-15(17)20-13)8-11-9-21-14-5-3-2-4-12(11)14/h2-7,9-10H,8H2,1H3,(H,18,19). The summed E-state index contributed by atoms with van der Waals surface area (Å²) < 4.78 is 7.10. The van der Waals surface area contributed by atoms with Crippen molar-refractivity contribution in [2.24, 2.45) is 0 Å². The van der Waals surface area contributed by atoms with E-state index in [9.17, 15) is 4.79 Å². The summed E-state index contributed by atoms with van der Waals surface area (Å²) in [6.45, 7) is 2.00. The first-order chi connectivity index (χ1) is 10.1. The van der Waals surface area contributed by atoms with E-state index in [2.05, 4.69) is 38.8 Å². The molecule has 21 heavy (non-hydrogen) atoms. The van der Waals surface area contributed by atoms with Gasteiger partial charge in [-0.05, 0) is 63.8 Å². The van der Waals surface area contributed by atoms with Crippen LogP contribution in [-0.4, -0.2) is 11.9 Å². The molecular formula is C16H14BrNO2S. The van der Waals surface area contributed by atoms with Gasteiger partial charge in [-0.2, -0.15) is 0 Å². The smallest absolute Gasteiger partial charge is 0.287 e. The van der Waals surface area contributed by atoms with E-state index in [1.807, 2.05) is 19.1 Å². The highest BCUT2D eigenvalue weighted by atomic mass is 79.9. The number of benzene rings is 1. The average molecular weight is 364 g/mol. The summed E-state index contributed by atoms with van der Waals surface area (Å²) in [6, 6.07) is 11.7. The van der Waals surface area contributed by atoms with Gasteiger partial charge in [0.15, 0.2) is 10.4 Å². The van der Waals surface area contributed by atoms with E-state index in [1.165, 1.54) is 15.6 Å². The van der Waals surface area contributed by atoms with Gasteiger partial charge in [-0.25, -0.2) is 0 Å². The molecule has 5 heteroatoms. The first kappa shape index (κ1) is 14.4. The second-order valence-electron chi connectivity index (χ2n) is 4.94. The van der Waals surface area contributed by atoms with Crippen LogP contribution in [-0.2, 0) is 6.42 Å². The molecule has 108 valence electrons. The molecule has 1 unspecified atom stereocenters. The van der Waals surface area contributed by atoms with Crippen LogP contribution < -0.4 is 5.32 Å². The molecular weight excluding hydrogens is 350 g/mol. The van der Waals surface area contributed by atoms with Crippen LogP contribution >= 0.6 is 27.3 Å². The van der Waals surface area contributed by atoms with E-state index in [0.29, 0.717) is 10.4 Å². The van der Waals surface area contributed by atoms with Crippen molar-refractivity contribution in [3.63, 3.8) is 0 Å². The van der Waals surface area contributed by atoms with Gasteiger partial charge in [0.2, 0.25) is 0 Å². The maximum atomic E-state index is 12.0. The summed E-state index contributed by atoms with van der Waals surface area (Å²) in [6.07, 6.45) is 0.803. The Hall–Kier alpha value is -1.59. The lowest BCUT2D eigenvalue weighted by molar-refractivity contribution is 0.0911. The van der Waals surface area contributed by atoms with Gasteiger partial charge >= 0.3 is 0 Å². The minimum atomic E-state index is -0.187. The highest BCUT2D eigenvalue weighted by Gasteiger charge is 2.15. The minimum absolute atomic E-state index is 0.0411. The molecule has 0 saturated heterocycles. The second kappa shape index (κ2) is 6.03. The lowest BCUT2D eigenvalue weighted by atomic mass is 10.1. The molecule has 3 aromatic rings. The van der Waals surface area contributed by atoms with E-state index in [1.54, 1.807) is 23.5 Å². The lowest BCUT2D eigenvalue weighted by Gasteiger charge is -2.12. The Balaban J connectivity index is 1.69. The molecule has 0 saturated carbocycles. The molecule has 3 nitrogen and oxygen atoms in total. The third-order valence-corrected chi connectivity index (χ3v) is 4.70. The summed E-state index contributed by atoms with van der Waals surface area (Å²) >= 11 is 4.93. The van der Waals surface area contributed by atoms with Crippen LogP contribution in [0.25, 0.3) is 10.1 Å². The number of nitrogens with one attached hydrogen (secondary N) is 1. The van der Waals surface area contributed by atoms with Crippen molar-refractivity contribution in [3.05, 3.63) is 57.8 Å². The number of hydrogen-bond acceptors (Lipinski definition) is 3. The zero-order chi connectivity index (χ0) is 14.8. The summed E-state index contributed by atoms with van der Waals surface area (Å²) in [5.74, 6) is 0.136. The Morgan fingerprint density at radius 2 is 2.14 bits per heavy atom.